The van der Waals surface area contributed by atoms with Crippen molar-refractivity contribution in [3.8, 4) is 11.5 Å². The highest BCUT2D eigenvalue weighted by atomic mass is 16.6. The molecule has 5 heteroatoms. The highest BCUT2D eigenvalue weighted by molar-refractivity contribution is 5.74. The van der Waals surface area contributed by atoms with Gasteiger partial charge in [0.2, 0.25) is 5.91 Å². The lowest BCUT2D eigenvalue weighted by atomic mass is 10.1. The number of hydrogen-bond acceptors (Lipinski definition) is 4. The van der Waals surface area contributed by atoms with Crippen molar-refractivity contribution in [2.75, 3.05) is 20.3 Å². The average Bonchev–Trinajstić information content (AvgIpc) is 2.39. The van der Waals surface area contributed by atoms with Crippen LogP contribution >= 0.6 is 0 Å². The van der Waals surface area contributed by atoms with Crippen LogP contribution in [0.2, 0.25) is 0 Å². The summed E-state index contributed by atoms with van der Waals surface area (Å²) in [4.78, 5) is 15.7. The van der Waals surface area contributed by atoms with Gasteiger partial charge in [0.05, 0.1) is 7.11 Å². The molecule has 0 bridgehead atoms. The summed E-state index contributed by atoms with van der Waals surface area (Å²) in [6.07, 6.45) is 2.05. The molecule has 1 aliphatic rings. The van der Waals surface area contributed by atoms with Crippen LogP contribution in [0.3, 0.4) is 0 Å². The highest BCUT2D eigenvalue weighted by Crippen LogP contribution is 2.31. The Kier molecular flexibility index (Phi) is 4.41. The summed E-state index contributed by atoms with van der Waals surface area (Å²) in [6, 6.07) is 5.89. The van der Waals surface area contributed by atoms with Crippen molar-refractivity contribution in [1.82, 2.24) is 5.48 Å². The van der Waals surface area contributed by atoms with Crippen molar-refractivity contribution >= 4 is 5.91 Å². The molecule has 0 aromatic heterocycles. The minimum absolute atomic E-state index is 0.102. The molecule has 2 rings (SSSR count). The van der Waals surface area contributed by atoms with Crippen LogP contribution in [0, 0.1) is 0 Å². The van der Waals surface area contributed by atoms with Gasteiger partial charge < -0.3 is 9.47 Å². The Balaban J connectivity index is 1.84. The summed E-state index contributed by atoms with van der Waals surface area (Å²) in [5.41, 5.74) is 3.44. The van der Waals surface area contributed by atoms with Gasteiger partial charge in [-0.3, -0.25) is 9.63 Å². The lowest BCUT2D eigenvalue weighted by Crippen LogP contribution is -2.21. The van der Waals surface area contributed by atoms with Gasteiger partial charge in [-0.05, 0) is 30.5 Å². The van der Waals surface area contributed by atoms with E-state index in [1.54, 1.807) is 0 Å². The molecule has 0 radical (unpaired) electrons. The molecule has 1 amide bonds. The maximum absolute atomic E-state index is 11.2. The largest absolute Gasteiger partial charge is 0.486 e. The quantitative estimate of drug-likeness (QED) is 0.805. The Hall–Kier alpha value is -1.75. The van der Waals surface area contributed by atoms with E-state index in [-0.39, 0.29) is 5.91 Å². The average molecular weight is 251 g/mol. The third-order valence-corrected chi connectivity index (χ3v) is 2.69. The molecule has 0 atom stereocenters. The molecule has 0 fully saturated rings. The summed E-state index contributed by atoms with van der Waals surface area (Å²) >= 11 is 0. The molecule has 1 aromatic carbocycles. The topological polar surface area (TPSA) is 56.8 Å². The maximum Gasteiger partial charge on any atom is 0.243 e. The Labute approximate surface area is 106 Å². The van der Waals surface area contributed by atoms with E-state index in [2.05, 4.69) is 10.3 Å². The number of nitrogens with one attached hydrogen (secondary N) is 1. The predicted molar refractivity (Wildman–Crippen MR) is 65.5 cm³/mol. The molecule has 5 nitrogen and oxygen atoms in total. The van der Waals surface area contributed by atoms with Gasteiger partial charge in [-0.1, -0.05) is 6.07 Å². The SMILES string of the molecule is CONC(=O)CCCc1ccc2c(c1)OCCO2. The van der Waals surface area contributed by atoms with Crippen LogP contribution in [0.15, 0.2) is 18.2 Å². The van der Waals surface area contributed by atoms with Gasteiger partial charge in [-0.2, -0.15) is 0 Å². The van der Waals surface area contributed by atoms with Gasteiger partial charge in [0, 0.05) is 6.42 Å². The van der Waals surface area contributed by atoms with E-state index >= 15 is 0 Å². The second-order valence-corrected chi connectivity index (χ2v) is 4.06. The molecule has 1 heterocycles. The van der Waals surface area contributed by atoms with E-state index in [9.17, 15) is 4.79 Å². The van der Waals surface area contributed by atoms with E-state index < -0.39 is 0 Å². The number of carbonyl (C=O) groups is 1. The van der Waals surface area contributed by atoms with E-state index in [1.165, 1.54) is 7.11 Å². The lowest BCUT2D eigenvalue weighted by molar-refractivity contribution is -0.131. The van der Waals surface area contributed by atoms with Crippen molar-refractivity contribution in [2.45, 2.75) is 19.3 Å². The normalized spacial score (nSPS) is 13.2. The fourth-order valence-electron chi connectivity index (χ4n) is 1.86. The minimum atomic E-state index is -0.102. The fraction of sp³-hybridized carbons (Fsp3) is 0.462. The van der Waals surface area contributed by atoms with Crippen molar-refractivity contribution in [2.24, 2.45) is 0 Å². The van der Waals surface area contributed by atoms with Gasteiger partial charge in [-0.15, -0.1) is 0 Å². The zero-order valence-corrected chi connectivity index (χ0v) is 10.4. The second-order valence-electron chi connectivity index (χ2n) is 4.06. The first-order chi connectivity index (χ1) is 8.79. The molecule has 0 saturated heterocycles. The molecular formula is C13H17NO4. The first kappa shape index (κ1) is 12.7. The number of aryl methyl sites for hydroxylation is 1. The number of rotatable bonds is 5. The van der Waals surface area contributed by atoms with Gasteiger partial charge >= 0.3 is 0 Å². The van der Waals surface area contributed by atoms with Crippen molar-refractivity contribution in [3.63, 3.8) is 0 Å². The van der Waals surface area contributed by atoms with Crippen molar-refractivity contribution in [3.05, 3.63) is 23.8 Å². The van der Waals surface area contributed by atoms with Crippen LogP contribution in [-0.4, -0.2) is 26.2 Å². The molecule has 0 saturated carbocycles. The zero-order valence-electron chi connectivity index (χ0n) is 10.4. The van der Waals surface area contributed by atoms with E-state index in [0.717, 1.165) is 29.9 Å². The van der Waals surface area contributed by atoms with Crippen LogP contribution in [0.4, 0.5) is 0 Å². The van der Waals surface area contributed by atoms with Crippen LogP contribution < -0.4 is 15.0 Å². The molecule has 98 valence electrons. The van der Waals surface area contributed by atoms with Crippen molar-refractivity contribution in [1.29, 1.82) is 0 Å². The fourth-order valence-corrected chi connectivity index (χ4v) is 1.86. The predicted octanol–water partition coefficient (Wildman–Crippen LogP) is 1.46. The molecule has 0 unspecified atom stereocenters. The number of benzene rings is 1. The molecule has 1 aromatic rings. The number of ether oxygens (including phenoxy) is 2. The third-order valence-electron chi connectivity index (χ3n) is 2.69. The highest BCUT2D eigenvalue weighted by Gasteiger charge is 2.11. The Bertz CT molecular complexity index is 419. The number of carbonyl (C=O) groups excluding carboxylic acids is 1. The Morgan fingerprint density at radius 3 is 2.89 bits per heavy atom. The first-order valence-electron chi connectivity index (χ1n) is 6.00. The summed E-state index contributed by atoms with van der Waals surface area (Å²) in [5.74, 6) is 1.48. The van der Waals surface area contributed by atoms with Gasteiger partial charge in [0.1, 0.15) is 13.2 Å². The van der Waals surface area contributed by atoms with Crippen LogP contribution in [0.5, 0.6) is 11.5 Å². The van der Waals surface area contributed by atoms with Crippen LogP contribution in [0.1, 0.15) is 18.4 Å². The minimum Gasteiger partial charge on any atom is -0.486 e. The molecule has 1 N–H and O–H groups in total. The smallest absolute Gasteiger partial charge is 0.243 e. The number of fused-ring (bicyclic) bond motifs is 1. The van der Waals surface area contributed by atoms with Gasteiger partial charge in [0.25, 0.3) is 0 Å². The monoisotopic (exact) mass is 251 g/mol. The van der Waals surface area contributed by atoms with E-state index in [4.69, 9.17) is 9.47 Å². The summed E-state index contributed by atoms with van der Waals surface area (Å²) < 4.78 is 11.0. The van der Waals surface area contributed by atoms with Crippen LogP contribution in [0.25, 0.3) is 0 Å². The molecule has 0 aliphatic carbocycles. The standard InChI is InChI=1S/C13H17NO4/c1-16-14-13(15)4-2-3-10-5-6-11-12(9-10)18-8-7-17-11/h5-6,9H,2-4,7-8H2,1H3,(H,14,15). The molecular weight excluding hydrogens is 234 g/mol. The lowest BCUT2D eigenvalue weighted by Gasteiger charge is -2.18. The second kappa shape index (κ2) is 6.26. The molecule has 0 spiro atoms. The summed E-state index contributed by atoms with van der Waals surface area (Å²) in [7, 11) is 1.43. The third kappa shape index (κ3) is 3.37. The summed E-state index contributed by atoms with van der Waals surface area (Å²) in [6.45, 7) is 1.19. The number of hydrogen-bond donors (Lipinski definition) is 1. The van der Waals surface area contributed by atoms with Gasteiger partial charge in [0.15, 0.2) is 11.5 Å². The summed E-state index contributed by atoms with van der Waals surface area (Å²) in [5, 5.41) is 0. The van der Waals surface area contributed by atoms with E-state index in [1.807, 2.05) is 18.2 Å². The molecule has 18 heavy (non-hydrogen) atoms. The Morgan fingerprint density at radius 1 is 1.33 bits per heavy atom. The maximum atomic E-state index is 11.2. The molecule has 1 aliphatic heterocycles. The van der Waals surface area contributed by atoms with E-state index in [0.29, 0.717) is 19.6 Å². The van der Waals surface area contributed by atoms with Gasteiger partial charge in [-0.25, -0.2) is 5.48 Å². The van der Waals surface area contributed by atoms with Crippen LogP contribution in [-0.2, 0) is 16.1 Å². The number of hydroxylamine groups is 1. The Morgan fingerprint density at radius 2 is 2.11 bits per heavy atom. The first-order valence-corrected chi connectivity index (χ1v) is 6.00. The number of amides is 1. The zero-order chi connectivity index (χ0) is 12.8. The van der Waals surface area contributed by atoms with Crippen molar-refractivity contribution < 1.29 is 19.1 Å².